The molecule has 23 heavy (non-hydrogen) atoms. The average Bonchev–Trinajstić information content (AvgIpc) is 2.90. The van der Waals surface area contributed by atoms with E-state index in [-0.39, 0.29) is 34.2 Å². The fourth-order valence-corrected chi connectivity index (χ4v) is 2.52. The normalized spacial score (nSPS) is 11.1. The molecule has 0 amide bonds. The van der Waals surface area contributed by atoms with Gasteiger partial charge in [-0.15, -0.1) is 0 Å². The van der Waals surface area contributed by atoms with Crippen molar-refractivity contribution in [3.8, 4) is 11.3 Å². The third-order valence-electron chi connectivity index (χ3n) is 3.40. The van der Waals surface area contributed by atoms with Crippen LogP contribution in [0.3, 0.4) is 0 Å². The fourth-order valence-electron chi connectivity index (χ4n) is 2.37. The Bertz CT molecular complexity index is 908. The summed E-state index contributed by atoms with van der Waals surface area (Å²) in [5.41, 5.74) is 0.493. The van der Waals surface area contributed by atoms with Crippen molar-refractivity contribution in [3.63, 3.8) is 0 Å². The minimum absolute atomic E-state index is 0.0752. The zero-order valence-corrected chi connectivity index (χ0v) is 12.9. The van der Waals surface area contributed by atoms with Crippen molar-refractivity contribution in [1.29, 1.82) is 0 Å². The van der Waals surface area contributed by atoms with E-state index in [1.165, 1.54) is 10.7 Å². The van der Waals surface area contributed by atoms with Gasteiger partial charge in [0, 0.05) is 18.2 Å². The average molecular weight is 336 g/mol. The van der Waals surface area contributed by atoms with E-state index in [1.54, 1.807) is 12.1 Å². The highest BCUT2D eigenvalue weighted by molar-refractivity contribution is 6.30. The number of benzene rings is 1. The van der Waals surface area contributed by atoms with E-state index >= 15 is 0 Å². The van der Waals surface area contributed by atoms with Gasteiger partial charge in [-0.1, -0.05) is 18.5 Å². The molecule has 0 aliphatic heterocycles. The maximum atomic E-state index is 14.3. The zero-order valence-electron chi connectivity index (χ0n) is 12.2. The number of rotatable bonds is 4. The molecule has 0 aliphatic rings. The second kappa shape index (κ2) is 6.04. The predicted octanol–water partition coefficient (Wildman–Crippen LogP) is 4.31. The molecule has 3 aromatic rings. The lowest BCUT2D eigenvalue weighted by atomic mass is 10.1. The molecule has 0 N–H and O–H groups in total. The van der Waals surface area contributed by atoms with E-state index in [0.717, 1.165) is 12.1 Å². The van der Waals surface area contributed by atoms with Crippen LogP contribution < -0.4 is 0 Å². The van der Waals surface area contributed by atoms with Gasteiger partial charge in [0.25, 0.3) is 0 Å². The summed E-state index contributed by atoms with van der Waals surface area (Å²) in [6, 6.07) is 5.13. The summed E-state index contributed by atoms with van der Waals surface area (Å²) in [5.74, 6) is -1.76. The third kappa shape index (κ3) is 2.70. The Morgan fingerprint density at radius 3 is 2.83 bits per heavy atom. The Labute approximate surface area is 135 Å². The SMILES string of the molecule is CCCC(=O)c1nc2cccnn2c1-c1cc(F)c(Cl)cc1F. The van der Waals surface area contributed by atoms with Crippen molar-refractivity contribution in [3.05, 3.63) is 52.8 Å². The number of Topliss-reactive ketones (excluding diaryl/α,β-unsaturated/α-hetero) is 1. The molecule has 0 unspecified atom stereocenters. The van der Waals surface area contributed by atoms with Gasteiger partial charge in [0.15, 0.2) is 11.4 Å². The summed E-state index contributed by atoms with van der Waals surface area (Å²) in [4.78, 5) is 16.6. The number of nitrogens with zero attached hydrogens (tertiary/aromatic N) is 3. The van der Waals surface area contributed by atoms with Crippen molar-refractivity contribution in [2.75, 3.05) is 0 Å². The summed E-state index contributed by atoms with van der Waals surface area (Å²) in [6.07, 6.45) is 2.36. The number of halogens is 3. The zero-order chi connectivity index (χ0) is 16.6. The number of carbonyl (C=O) groups excluding carboxylic acids is 1. The summed E-state index contributed by atoms with van der Waals surface area (Å²) in [5, 5.41) is 3.77. The molecule has 118 valence electrons. The van der Waals surface area contributed by atoms with Crippen LogP contribution in [0.2, 0.25) is 5.02 Å². The fraction of sp³-hybridized carbons (Fsp3) is 0.188. The Hall–Kier alpha value is -2.34. The van der Waals surface area contributed by atoms with Gasteiger partial charge in [-0.25, -0.2) is 18.3 Å². The van der Waals surface area contributed by atoms with E-state index in [9.17, 15) is 13.6 Å². The van der Waals surface area contributed by atoms with Crippen LogP contribution in [-0.2, 0) is 0 Å². The van der Waals surface area contributed by atoms with Crippen LogP contribution >= 0.6 is 11.6 Å². The molecular formula is C16H12ClF2N3O. The van der Waals surface area contributed by atoms with Gasteiger partial charge in [0.05, 0.1) is 5.02 Å². The number of imidazole rings is 1. The molecule has 2 aromatic heterocycles. The van der Waals surface area contributed by atoms with E-state index in [2.05, 4.69) is 10.1 Å². The molecule has 3 rings (SSSR count). The number of fused-ring (bicyclic) bond motifs is 1. The van der Waals surface area contributed by atoms with Crippen LogP contribution in [0.4, 0.5) is 8.78 Å². The van der Waals surface area contributed by atoms with Crippen LogP contribution in [0.15, 0.2) is 30.5 Å². The Morgan fingerprint density at radius 2 is 2.09 bits per heavy atom. The summed E-state index contributed by atoms with van der Waals surface area (Å²) >= 11 is 5.60. The minimum atomic E-state index is -0.775. The predicted molar refractivity (Wildman–Crippen MR) is 82.6 cm³/mol. The topological polar surface area (TPSA) is 47.3 Å². The molecule has 1 aromatic carbocycles. The molecule has 0 saturated heterocycles. The molecule has 0 atom stereocenters. The van der Waals surface area contributed by atoms with Crippen molar-refractivity contribution < 1.29 is 13.6 Å². The molecule has 7 heteroatoms. The van der Waals surface area contributed by atoms with E-state index in [1.807, 2.05) is 6.92 Å². The van der Waals surface area contributed by atoms with Gasteiger partial charge in [0.2, 0.25) is 0 Å². The van der Waals surface area contributed by atoms with E-state index in [4.69, 9.17) is 11.6 Å². The van der Waals surface area contributed by atoms with Gasteiger partial charge in [-0.05, 0) is 30.7 Å². The largest absolute Gasteiger partial charge is 0.292 e. The summed E-state index contributed by atoms with van der Waals surface area (Å²) in [6.45, 7) is 1.86. The maximum Gasteiger partial charge on any atom is 0.183 e. The third-order valence-corrected chi connectivity index (χ3v) is 3.69. The lowest BCUT2D eigenvalue weighted by Gasteiger charge is -2.06. The number of hydrogen-bond acceptors (Lipinski definition) is 3. The summed E-state index contributed by atoms with van der Waals surface area (Å²) in [7, 11) is 0. The first-order valence-electron chi connectivity index (χ1n) is 7.04. The molecular weight excluding hydrogens is 324 g/mol. The Morgan fingerprint density at radius 1 is 1.30 bits per heavy atom. The lowest BCUT2D eigenvalue weighted by Crippen LogP contribution is -2.04. The van der Waals surface area contributed by atoms with Crippen molar-refractivity contribution in [2.24, 2.45) is 0 Å². The molecule has 0 saturated carbocycles. The van der Waals surface area contributed by atoms with Crippen molar-refractivity contribution in [2.45, 2.75) is 19.8 Å². The maximum absolute atomic E-state index is 14.3. The van der Waals surface area contributed by atoms with Crippen molar-refractivity contribution >= 4 is 23.0 Å². The quantitative estimate of drug-likeness (QED) is 0.527. The molecule has 4 nitrogen and oxygen atoms in total. The van der Waals surface area contributed by atoms with Gasteiger partial charge in [-0.3, -0.25) is 4.79 Å². The smallest absolute Gasteiger partial charge is 0.183 e. The molecule has 2 heterocycles. The first-order valence-corrected chi connectivity index (χ1v) is 7.42. The second-order valence-corrected chi connectivity index (χ2v) is 5.43. The molecule has 0 spiro atoms. The van der Waals surface area contributed by atoms with Crippen LogP contribution in [0.1, 0.15) is 30.3 Å². The highest BCUT2D eigenvalue weighted by atomic mass is 35.5. The highest BCUT2D eigenvalue weighted by Crippen LogP contribution is 2.31. The second-order valence-electron chi connectivity index (χ2n) is 5.02. The van der Waals surface area contributed by atoms with E-state index in [0.29, 0.717) is 12.1 Å². The summed E-state index contributed by atoms with van der Waals surface area (Å²) < 4.78 is 29.4. The molecule has 0 radical (unpaired) electrons. The Balaban J connectivity index is 2.33. The van der Waals surface area contributed by atoms with Gasteiger partial charge < -0.3 is 0 Å². The van der Waals surface area contributed by atoms with E-state index < -0.39 is 11.6 Å². The van der Waals surface area contributed by atoms with Crippen LogP contribution in [0.5, 0.6) is 0 Å². The van der Waals surface area contributed by atoms with Crippen molar-refractivity contribution in [1.82, 2.24) is 14.6 Å². The molecule has 0 bridgehead atoms. The van der Waals surface area contributed by atoms with Gasteiger partial charge >= 0.3 is 0 Å². The standard InChI is InChI=1S/C16H12ClF2N3O/c1-2-4-13(23)15-16(22-14(21-15)5-3-6-20-22)9-7-12(19)10(17)8-11(9)18/h3,5-8H,2,4H2,1H3. The highest BCUT2D eigenvalue weighted by Gasteiger charge is 2.23. The number of aromatic nitrogens is 3. The number of carbonyl (C=O) groups is 1. The lowest BCUT2D eigenvalue weighted by molar-refractivity contribution is 0.0978. The number of ketones is 1. The molecule has 0 aliphatic carbocycles. The first-order chi connectivity index (χ1) is 11.0. The minimum Gasteiger partial charge on any atom is -0.292 e. The Kier molecular flexibility index (Phi) is 4.09. The van der Waals surface area contributed by atoms with Gasteiger partial charge in [-0.2, -0.15) is 5.10 Å². The van der Waals surface area contributed by atoms with Gasteiger partial charge in [0.1, 0.15) is 23.0 Å². The van der Waals surface area contributed by atoms with Crippen LogP contribution in [0.25, 0.3) is 16.9 Å². The number of hydrogen-bond donors (Lipinski definition) is 0. The van der Waals surface area contributed by atoms with Crippen LogP contribution in [0, 0.1) is 11.6 Å². The molecule has 0 fully saturated rings. The first kappa shape index (κ1) is 15.6. The van der Waals surface area contributed by atoms with Crippen LogP contribution in [-0.4, -0.2) is 20.4 Å². The monoisotopic (exact) mass is 335 g/mol.